The van der Waals surface area contributed by atoms with Gasteiger partial charge in [0.1, 0.15) is 5.82 Å². The molecule has 0 bridgehead atoms. The van der Waals surface area contributed by atoms with Crippen molar-refractivity contribution in [2.24, 2.45) is 5.41 Å². The van der Waals surface area contributed by atoms with Crippen molar-refractivity contribution in [3.05, 3.63) is 29.8 Å². The molecule has 1 aliphatic heterocycles. The highest BCUT2D eigenvalue weighted by Gasteiger charge is 2.32. The average molecular weight is 327 g/mol. The van der Waals surface area contributed by atoms with E-state index in [0.717, 1.165) is 48.8 Å². The maximum Gasteiger partial charge on any atom is 0.227 e. The van der Waals surface area contributed by atoms with Gasteiger partial charge in [-0.15, -0.1) is 0 Å². The number of H-pyrrole nitrogens is 1. The van der Waals surface area contributed by atoms with Gasteiger partial charge >= 0.3 is 0 Å². The lowest BCUT2D eigenvalue weighted by atomic mass is 9.89. The van der Waals surface area contributed by atoms with Gasteiger partial charge in [-0.05, 0) is 31.9 Å². The first-order valence-corrected chi connectivity index (χ1v) is 8.49. The molecule has 0 aliphatic carbocycles. The summed E-state index contributed by atoms with van der Waals surface area (Å²) in [6.07, 6.45) is 3.78. The van der Waals surface area contributed by atoms with E-state index < -0.39 is 0 Å². The SMILES string of the molecule is Cc1nc(-c2ccn[nH]2)cc([C@H]2CCCN(C(=O)C(C)(C)C)C2)n1. The Balaban J connectivity index is 1.85. The zero-order valence-corrected chi connectivity index (χ0v) is 14.8. The molecule has 0 spiro atoms. The van der Waals surface area contributed by atoms with E-state index in [4.69, 9.17) is 0 Å². The van der Waals surface area contributed by atoms with Crippen molar-refractivity contribution >= 4 is 5.91 Å². The van der Waals surface area contributed by atoms with Crippen molar-refractivity contribution in [1.29, 1.82) is 0 Å². The lowest BCUT2D eigenvalue weighted by Gasteiger charge is -2.36. The first kappa shape index (κ1) is 16.6. The van der Waals surface area contributed by atoms with Crippen molar-refractivity contribution < 1.29 is 4.79 Å². The van der Waals surface area contributed by atoms with Gasteiger partial charge in [0.25, 0.3) is 0 Å². The summed E-state index contributed by atoms with van der Waals surface area (Å²) in [5, 5.41) is 6.95. The predicted octanol–water partition coefficient (Wildman–Crippen LogP) is 2.93. The van der Waals surface area contributed by atoms with E-state index in [-0.39, 0.29) is 17.2 Å². The summed E-state index contributed by atoms with van der Waals surface area (Å²) in [6.45, 7) is 9.40. The van der Waals surface area contributed by atoms with E-state index in [9.17, 15) is 4.79 Å². The number of aromatic nitrogens is 4. The van der Waals surface area contributed by atoms with Gasteiger partial charge in [0.2, 0.25) is 5.91 Å². The van der Waals surface area contributed by atoms with Crippen LogP contribution in [0.4, 0.5) is 0 Å². The molecule has 6 heteroatoms. The van der Waals surface area contributed by atoms with Crippen molar-refractivity contribution in [1.82, 2.24) is 25.1 Å². The van der Waals surface area contributed by atoms with Crippen LogP contribution in [0, 0.1) is 12.3 Å². The average Bonchev–Trinajstić information content (AvgIpc) is 3.07. The van der Waals surface area contributed by atoms with Crippen LogP contribution in [0.25, 0.3) is 11.4 Å². The highest BCUT2D eigenvalue weighted by molar-refractivity contribution is 5.81. The second-order valence-corrected chi connectivity index (χ2v) is 7.54. The summed E-state index contributed by atoms with van der Waals surface area (Å²) < 4.78 is 0. The monoisotopic (exact) mass is 327 g/mol. The second kappa shape index (κ2) is 6.34. The Bertz CT molecular complexity index is 718. The standard InChI is InChI=1S/C18H25N5O/c1-12-20-15(10-16(21-12)14-7-8-19-22-14)13-6-5-9-23(11-13)17(24)18(2,3)4/h7-8,10,13H,5-6,9,11H2,1-4H3,(H,19,22)/t13-/m0/s1. The third kappa shape index (κ3) is 3.47. The summed E-state index contributed by atoms with van der Waals surface area (Å²) in [5.74, 6) is 1.22. The molecule has 0 aromatic carbocycles. The van der Waals surface area contributed by atoms with Crippen LogP contribution in [0.5, 0.6) is 0 Å². The fraction of sp³-hybridized carbons (Fsp3) is 0.556. The Kier molecular flexibility index (Phi) is 4.39. The van der Waals surface area contributed by atoms with Gasteiger partial charge < -0.3 is 4.90 Å². The maximum atomic E-state index is 12.6. The number of likely N-dealkylation sites (tertiary alicyclic amines) is 1. The number of aryl methyl sites for hydroxylation is 1. The van der Waals surface area contributed by atoms with E-state index in [1.165, 1.54) is 0 Å². The number of piperidine rings is 1. The van der Waals surface area contributed by atoms with Crippen LogP contribution in [0.15, 0.2) is 18.3 Å². The largest absolute Gasteiger partial charge is 0.342 e. The minimum absolute atomic E-state index is 0.215. The highest BCUT2D eigenvalue weighted by Crippen LogP contribution is 2.30. The molecule has 24 heavy (non-hydrogen) atoms. The van der Waals surface area contributed by atoms with E-state index in [2.05, 4.69) is 20.2 Å². The van der Waals surface area contributed by atoms with Crippen LogP contribution in [0.3, 0.4) is 0 Å². The number of carbonyl (C=O) groups excluding carboxylic acids is 1. The molecule has 3 rings (SSSR count). The minimum atomic E-state index is -0.343. The van der Waals surface area contributed by atoms with Crippen molar-refractivity contribution in [3.8, 4) is 11.4 Å². The lowest BCUT2D eigenvalue weighted by molar-refractivity contribution is -0.140. The van der Waals surface area contributed by atoms with Gasteiger partial charge in [-0.2, -0.15) is 5.10 Å². The first-order chi connectivity index (χ1) is 11.3. The molecule has 0 radical (unpaired) electrons. The number of carbonyl (C=O) groups is 1. The highest BCUT2D eigenvalue weighted by atomic mass is 16.2. The topological polar surface area (TPSA) is 74.8 Å². The van der Waals surface area contributed by atoms with Crippen LogP contribution in [0.1, 0.15) is 51.0 Å². The first-order valence-electron chi connectivity index (χ1n) is 8.49. The second-order valence-electron chi connectivity index (χ2n) is 7.54. The molecule has 2 aromatic heterocycles. The zero-order valence-electron chi connectivity index (χ0n) is 14.8. The fourth-order valence-electron chi connectivity index (χ4n) is 3.21. The molecule has 6 nitrogen and oxygen atoms in total. The quantitative estimate of drug-likeness (QED) is 0.920. The molecular weight excluding hydrogens is 302 g/mol. The van der Waals surface area contributed by atoms with Crippen LogP contribution < -0.4 is 0 Å². The summed E-state index contributed by atoms with van der Waals surface area (Å²) in [6, 6.07) is 3.93. The number of amides is 1. The number of hydrogen-bond donors (Lipinski definition) is 1. The molecule has 0 saturated carbocycles. The van der Waals surface area contributed by atoms with Crippen molar-refractivity contribution in [2.75, 3.05) is 13.1 Å². The number of nitrogens with one attached hydrogen (secondary N) is 1. The Morgan fingerprint density at radius 1 is 1.33 bits per heavy atom. The third-order valence-electron chi connectivity index (χ3n) is 4.40. The summed E-state index contributed by atoms with van der Waals surface area (Å²) in [5.41, 5.74) is 2.41. The van der Waals surface area contributed by atoms with Gasteiger partial charge in [0, 0.05) is 36.3 Å². The van der Waals surface area contributed by atoms with Crippen molar-refractivity contribution in [3.63, 3.8) is 0 Å². The van der Waals surface area contributed by atoms with E-state index in [0.29, 0.717) is 0 Å². The molecular formula is C18H25N5O. The number of aromatic amines is 1. The molecule has 1 saturated heterocycles. The van der Waals surface area contributed by atoms with E-state index >= 15 is 0 Å². The van der Waals surface area contributed by atoms with E-state index in [1.807, 2.05) is 44.7 Å². The molecule has 3 heterocycles. The molecule has 1 amide bonds. The smallest absolute Gasteiger partial charge is 0.227 e. The van der Waals surface area contributed by atoms with E-state index in [1.54, 1.807) is 6.20 Å². The predicted molar refractivity (Wildman–Crippen MR) is 92.4 cm³/mol. The van der Waals surface area contributed by atoms with Crippen LogP contribution in [-0.2, 0) is 4.79 Å². The normalized spacial score (nSPS) is 18.7. The number of nitrogens with zero attached hydrogens (tertiary/aromatic N) is 4. The molecule has 1 fully saturated rings. The Morgan fingerprint density at radius 3 is 2.79 bits per heavy atom. The molecule has 1 atom stereocenters. The maximum absolute atomic E-state index is 12.6. The van der Waals surface area contributed by atoms with Crippen molar-refractivity contribution in [2.45, 2.75) is 46.5 Å². The van der Waals surface area contributed by atoms with Gasteiger partial charge in [0.05, 0.1) is 11.4 Å². The van der Waals surface area contributed by atoms with Gasteiger partial charge in [-0.3, -0.25) is 9.89 Å². The van der Waals surface area contributed by atoms with Gasteiger partial charge in [-0.1, -0.05) is 20.8 Å². The minimum Gasteiger partial charge on any atom is -0.342 e. The molecule has 1 aliphatic rings. The zero-order chi connectivity index (χ0) is 17.3. The van der Waals surface area contributed by atoms with Gasteiger partial charge in [-0.25, -0.2) is 9.97 Å². The molecule has 2 aromatic rings. The third-order valence-corrected chi connectivity index (χ3v) is 4.40. The van der Waals surface area contributed by atoms with Crippen LogP contribution in [0.2, 0.25) is 0 Å². The van der Waals surface area contributed by atoms with Crippen LogP contribution in [-0.4, -0.2) is 44.1 Å². The fourth-order valence-corrected chi connectivity index (χ4v) is 3.21. The Labute approximate surface area is 142 Å². The summed E-state index contributed by atoms with van der Waals surface area (Å²) in [7, 11) is 0. The molecule has 128 valence electrons. The summed E-state index contributed by atoms with van der Waals surface area (Å²) in [4.78, 5) is 23.7. The Hall–Kier alpha value is -2.24. The summed E-state index contributed by atoms with van der Waals surface area (Å²) >= 11 is 0. The number of hydrogen-bond acceptors (Lipinski definition) is 4. The van der Waals surface area contributed by atoms with Gasteiger partial charge in [0.15, 0.2) is 0 Å². The molecule has 0 unspecified atom stereocenters. The number of rotatable bonds is 2. The van der Waals surface area contributed by atoms with Crippen LogP contribution >= 0.6 is 0 Å². The lowest BCUT2D eigenvalue weighted by Crippen LogP contribution is -2.44. The molecule has 1 N–H and O–H groups in total. The Morgan fingerprint density at radius 2 is 2.12 bits per heavy atom.